The standard InChI is InChI=1S/C15H18Ge/c1-11-7-8-13-10-16(2,3)9-12-5-4-6-14(11)15(12)13/h4-8H,9-10H2,1-3H3. The van der Waals surface area contributed by atoms with Crippen LogP contribution in [-0.2, 0) is 10.5 Å². The van der Waals surface area contributed by atoms with Crippen LogP contribution in [0.4, 0.5) is 0 Å². The molecule has 0 atom stereocenters. The average Bonchev–Trinajstić information content (AvgIpc) is 2.21. The Morgan fingerprint density at radius 3 is 2.38 bits per heavy atom. The molecule has 0 fully saturated rings. The van der Waals surface area contributed by atoms with Crippen molar-refractivity contribution in [3.05, 3.63) is 47.0 Å². The van der Waals surface area contributed by atoms with Crippen molar-refractivity contribution >= 4 is 24.0 Å². The van der Waals surface area contributed by atoms with Gasteiger partial charge in [0.05, 0.1) is 0 Å². The van der Waals surface area contributed by atoms with Gasteiger partial charge in [-0.25, -0.2) is 0 Å². The van der Waals surface area contributed by atoms with Crippen LogP contribution in [0, 0.1) is 6.92 Å². The van der Waals surface area contributed by atoms with Crippen LogP contribution in [0.25, 0.3) is 10.8 Å². The predicted molar refractivity (Wildman–Crippen MR) is 73.6 cm³/mol. The summed E-state index contributed by atoms with van der Waals surface area (Å²) in [4.78, 5) is 0. The first-order valence-electron chi connectivity index (χ1n) is 6.07. The normalized spacial score (nSPS) is 17.7. The van der Waals surface area contributed by atoms with Crippen molar-refractivity contribution in [2.24, 2.45) is 0 Å². The Bertz CT molecular complexity index is 553. The van der Waals surface area contributed by atoms with E-state index in [4.69, 9.17) is 0 Å². The van der Waals surface area contributed by atoms with Crippen LogP contribution in [0.3, 0.4) is 0 Å². The Morgan fingerprint density at radius 2 is 1.62 bits per heavy atom. The molecule has 3 rings (SSSR count). The number of aryl methyl sites for hydroxylation is 1. The van der Waals surface area contributed by atoms with Crippen LogP contribution in [-0.4, -0.2) is 13.3 Å². The molecule has 1 aliphatic heterocycles. The van der Waals surface area contributed by atoms with Crippen LogP contribution < -0.4 is 0 Å². The average molecular weight is 271 g/mol. The zero-order valence-corrected chi connectivity index (χ0v) is 12.4. The topological polar surface area (TPSA) is 0 Å². The van der Waals surface area contributed by atoms with Gasteiger partial charge in [0.1, 0.15) is 0 Å². The molecular formula is C15H18Ge. The molecule has 0 N–H and O–H groups in total. The third-order valence-electron chi connectivity index (χ3n) is 3.77. The molecule has 0 amide bonds. The van der Waals surface area contributed by atoms with Crippen LogP contribution in [0.2, 0.25) is 11.5 Å². The van der Waals surface area contributed by atoms with Crippen molar-refractivity contribution in [2.75, 3.05) is 0 Å². The fourth-order valence-corrected chi connectivity index (χ4v) is 8.92. The summed E-state index contributed by atoms with van der Waals surface area (Å²) in [5.41, 5.74) is 4.66. The molecule has 1 heteroatoms. The first kappa shape index (κ1) is 10.4. The molecule has 0 radical (unpaired) electrons. The summed E-state index contributed by atoms with van der Waals surface area (Å²) >= 11 is -1.54. The van der Waals surface area contributed by atoms with E-state index in [1.54, 1.807) is 16.5 Å². The summed E-state index contributed by atoms with van der Waals surface area (Å²) in [5, 5.41) is 5.85. The summed E-state index contributed by atoms with van der Waals surface area (Å²) in [6, 6.07) is 11.5. The third kappa shape index (κ3) is 1.51. The Kier molecular flexibility index (Phi) is 2.19. The van der Waals surface area contributed by atoms with E-state index in [1.165, 1.54) is 21.5 Å². The van der Waals surface area contributed by atoms with E-state index in [9.17, 15) is 0 Å². The number of hydrogen-bond donors (Lipinski definition) is 0. The van der Waals surface area contributed by atoms with Crippen molar-refractivity contribution in [2.45, 2.75) is 28.9 Å². The van der Waals surface area contributed by atoms with Crippen molar-refractivity contribution in [1.82, 2.24) is 0 Å². The molecule has 82 valence electrons. The van der Waals surface area contributed by atoms with E-state index in [1.807, 2.05) is 0 Å². The van der Waals surface area contributed by atoms with Gasteiger partial charge in [-0.15, -0.1) is 0 Å². The molecule has 0 bridgehead atoms. The molecule has 1 heterocycles. The summed E-state index contributed by atoms with van der Waals surface area (Å²) in [5.74, 6) is 5.11. The summed E-state index contributed by atoms with van der Waals surface area (Å²) in [6.07, 6.45) is 0. The fourth-order valence-electron chi connectivity index (χ4n) is 3.09. The second-order valence-electron chi connectivity index (χ2n) is 5.90. The molecular weight excluding hydrogens is 253 g/mol. The van der Waals surface area contributed by atoms with Gasteiger partial charge in [0.25, 0.3) is 0 Å². The molecule has 0 aromatic heterocycles. The van der Waals surface area contributed by atoms with Crippen LogP contribution in [0.1, 0.15) is 16.7 Å². The van der Waals surface area contributed by atoms with E-state index in [0.29, 0.717) is 0 Å². The molecule has 1 aliphatic rings. The Morgan fingerprint density at radius 1 is 0.938 bits per heavy atom. The van der Waals surface area contributed by atoms with Gasteiger partial charge in [-0.2, -0.15) is 0 Å². The van der Waals surface area contributed by atoms with Crippen LogP contribution >= 0.6 is 0 Å². The van der Waals surface area contributed by atoms with E-state index < -0.39 is 13.3 Å². The van der Waals surface area contributed by atoms with Gasteiger partial charge < -0.3 is 0 Å². The van der Waals surface area contributed by atoms with Crippen molar-refractivity contribution in [3.8, 4) is 0 Å². The van der Waals surface area contributed by atoms with Gasteiger partial charge >= 0.3 is 100 Å². The second kappa shape index (κ2) is 3.37. The van der Waals surface area contributed by atoms with Crippen molar-refractivity contribution in [1.29, 1.82) is 0 Å². The molecule has 2 aromatic carbocycles. The molecule has 0 saturated heterocycles. The molecule has 0 saturated carbocycles. The van der Waals surface area contributed by atoms with Gasteiger partial charge in [0, 0.05) is 0 Å². The maximum absolute atomic E-state index is 2.56. The third-order valence-corrected chi connectivity index (χ3v) is 9.38. The zero-order chi connectivity index (χ0) is 11.3. The van der Waals surface area contributed by atoms with E-state index >= 15 is 0 Å². The Labute approximate surface area is 100 Å². The van der Waals surface area contributed by atoms with Gasteiger partial charge in [0.15, 0.2) is 0 Å². The maximum atomic E-state index is 2.56. The zero-order valence-electron chi connectivity index (χ0n) is 10.3. The van der Waals surface area contributed by atoms with Gasteiger partial charge in [-0.05, 0) is 0 Å². The van der Waals surface area contributed by atoms with Gasteiger partial charge in [-0.3, -0.25) is 0 Å². The number of benzene rings is 2. The molecule has 0 unspecified atom stereocenters. The number of rotatable bonds is 0. The molecule has 0 nitrogen and oxygen atoms in total. The monoisotopic (exact) mass is 272 g/mol. The van der Waals surface area contributed by atoms with E-state index in [-0.39, 0.29) is 0 Å². The SMILES string of the molecule is Cc1ccc2c3c(cccc13)[CH2][Ge]([CH3])([CH3])[CH2]2. The van der Waals surface area contributed by atoms with Crippen molar-refractivity contribution < 1.29 is 0 Å². The molecule has 16 heavy (non-hydrogen) atoms. The molecule has 0 spiro atoms. The Balaban J connectivity index is 2.39. The minimum absolute atomic E-state index is 1.40. The van der Waals surface area contributed by atoms with Crippen molar-refractivity contribution in [3.63, 3.8) is 0 Å². The van der Waals surface area contributed by atoms with Gasteiger partial charge in [-0.1, -0.05) is 0 Å². The Hall–Kier alpha value is -0.757. The summed E-state index contributed by atoms with van der Waals surface area (Å²) < 4.78 is 0. The fraction of sp³-hybridized carbons (Fsp3) is 0.333. The molecule has 0 aliphatic carbocycles. The predicted octanol–water partition coefficient (Wildman–Crippen LogP) is 4.03. The second-order valence-corrected chi connectivity index (χ2v) is 16.5. The van der Waals surface area contributed by atoms with Crippen LogP contribution in [0.15, 0.2) is 30.3 Å². The number of hydrogen-bond acceptors (Lipinski definition) is 0. The summed E-state index contributed by atoms with van der Waals surface area (Å²) in [7, 11) is 0. The van der Waals surface area contributed by atoms with E-state index in [0.717, 1.165) is 0 Å². The summed E-state index contributed by atoms with van der Waals surface area (Å²) in [6.45, 7) is 2.23. The minimum atomic E-state index is -1.54. The van der Waals surface area contributed by atoms with E-state index in [2.05, 4.69) is 48.8 Å². The molecule has 2 aromatic rings. The van der Waals surface area contributed by atoms with Gasteiger partial charge in [0.2, 0.25) is 0 Å². The first-order valence-corrected chi connectivity index (χ1v) is 13.2. The van der Waals surface area contributed by atoms with Crippen LogP contribution in [0.5, 0.6) is 0 Å². The first-order chi connectivity index (χ1) is 7.57. The quantitative estimate of drug-likeness (QED) is 0.634.